The summed E-state index contributed by atoms with van der Waals surface area (Å²) in [4.78, 5) is 12.1. The zero-order chi connectivity index (χ0) is 17.0. The van der Waals surface area contributed by atoms with Gasteiger partial charge in [-0.15, -0.1) is 0 Å². The number of halogens is 2. The molecule has 0 radical (unpaired) electrons. The van der Waals surface area contributed by atoms with Gasteiger partial charge in [0.1, 0.15) is 0 Å². The molecule has 1 heterocycles. The normalized spacial score (nSPS) is 19.5. The van der Waals surface area contributed by atoms with Gasteiger partial charge in [0.2, 0.25) is 15.9 Å². The SMILES string of the molecule is CS(=O)(=O)N1CCCC(NC(=O)CCc2cccc(Cl)c2Cl)C1. The third kappa shape index (κ3) is 5.35. The Balaban J connectivity index is 1.86. The minimum Gasteiger partial charge on any atom is -0.352 e. The summed E-state index contributed by atoms with van der Waals surface area (Å²) >= 11 is 12.0. The van der Waals surface area contributed by atoms with Crippen LogP contribution in [-0.2, 0) is 21.2 Å². The first-order valence-corrected chi connectivity index (χ1v) is 10.0. The standard InChI is InChI=1S/C15H20Cl2N2O3S/c1-23(21,22)19-9-3-5-12(10-19)18-14(20)8-7-11-4-2-6-13(16)15(11)17/h2,4,6,12H,3,5,7-10H2,1H3,(H,18,20). The zero-order valence-corrected chi connectivity index (χ0v) is 15.2. The molecule has 23 heavy (non-hydrogen) atoms. The average molecular weight is 379 g/mol. The number of sulfonamides is 1. The maximum Gasteiger partial charge on any atom is 0.220 e. The molecule has 0 aliphatic carbocycles. The van der Waals surface area contributed by atoms with Crippen LogP contribution < -0.4 is 5.32 Å². The molecule has 5 nitrogen and oxygen atoms in total. The Morgan fingerprint density at radius 3 is 2.83 bits per heavy atom. The maximum absolute atomic E-state index is 12.1. The second-order valence-electron chi connectivity index (χ2n) is 5.74. The van der Waals surface area contributed by atoms with E-state index in [-0.39, 0.29) is 18.4 Å². The van der Waals surface area contributed by atoms with Crippen molar-refractivity contribution in [3.05, 3.63) is 33.8 Å². The van der Waals surface area contributed by atoms with Gasteiger partial charge < -0.3 is 5.32 Å². The fourth-order valence-corrected chi connectivity index (χ4v) is 3.98. The molecule has 8 heteroatoms. The molecule has 128 valence electrons. The lowest BCUT2D eigenvalue weighted by Crippen LogP contribution is -2.49. The van der Waals surface area contributed by atoms with E-state index in [9.17, 15) is 13.2 Å². The van der Waals surface area contributed by atoms with Crippen LogP contribution in [0.2, 0.25) is 10.0 Å². The van der Waals surface area contributed by atoms with Gasteiger partial charge in [-0.1, -0.05) is 35.3 Å². The molecule has 0 aromatic heterocycles. The number of piperidine rings is 1. The third-order valence-electron chi connectivity index (χ3n) is 3.87. The summed E-state index contributed by atoms with van der Waals surface area (Å²) in [6.45, 7) is 0.853. The van der Waals surface area contributed by atoms with Gasteiger partial charge in [0.25, 0.3) is 0 Å². The summed E-state index contributed by atoms with van der Waals surface area (Å²) in [6.07, 6.45) is 3.51. The van der Waals surface area contributed by atoms with Gasteiger partial charge in [-0.25, -0.2) is 12.7 Å². The number of aryl methyl sites for hydroxylation is 1. The van der Waals surface area contributed by atoms with Crippen LogP contribution in [0.25, 0.3) is 0 Å². The fourth-order valence-electron chi connectivity index (χ4n) is 2.65. The molecular weight excluding hydrogens is 359 g/mol. The molecule has 1 atom stereocenters. The highest BCUT2D eigenvalue weighted by Gasteiger charge is 2.26. The van der Waals surface area contributed by atoms with Crippen LogP contribution in [-0.4, -0.2) is 44.0 Å². The van der Waals surface area contributed by atoms with Crippen molar-refractivity contribution in [2.75, 3.05) is 19.3 Å². The van der Waals surface area contributed by atoms with E-state index in [0.29, 0.717) is 29.6 Å². The molecule has 0 spiro atoms. The number of amides is 1. The van der Waals surface area contributed by atoms with E-state index in [1.807, 2.05) is 6.07 Å². The van der Waals surface area contributed by atoms with Gasteiger partial charge in [0.05, 0.1) is 16.3 Å². The summed E-state index contributed by atoms with van der Waals surface area (Å²) in [5, 5.41) is 3.85. The highest BCUT2D eigenvalue weighted by Crippen LogP contribution is 2.26. The first-order chi connectivity index (χ1) is 10.8. The van der Waals surface area contributed by atoms with Crippen LogP contribution in [0.4, 0.5) is 0 Å². The van der Waals surface area contributed by atoms with E-state index < -0.39 is 10.0 Å². The lowest BCUT2D eigenvalue weighted by atomic mass is 10.1. The van der Waals surface area contributed by atoms with Crippen molar-refractivity contribution in [1.82, 2.24) is 9.62 Å². The quantitative estimate of drug-likeness (QED) is 0.855. The van der Waals surface area contributed by atoms with Crippen LogP contribution in [0.1, 0.15) is 24.8 Å². The molecule has 1 amide bonds. The fraction of sp³-hybridized carbons (Fsp3) is 0.533. The van der Waals surface area contributed by atoms with E-state index >= 15 is 0 Å². The van der Waals surface area contributed by atoms with Crippen LogP contribution in [0.3, 0.4) is 0 Å². The first-order valence-electron chi connectivity index (χ1n) is 7.44. The molecule has 1 aromatic carbocycles. The Morgan fingerprint density at radius 2 is 2.13 bits per heavy atom. The number of carbonyl (C=O) groups is 1. The molecule has 1 saturated heterocycles. The molecule has 1 fully saturated rings. The van der Waals surface area contributed by atoms with Crippen LogP contribution in [0.15, 0.2) is 18.2 Å². The number of rotatable bonds is 5. The third-order valence-corrected chi connectivity index (χ3v) is 6.00. The average Bonchev–Trinajstić information content (AvgIpc) is 2.48. The molecule has 2 rings (SSSR count). The molecule has 1 aliphatic rings. The Bertz CT molecular complexity index is 679. The molecule has 1 unspecified atom stereocenters. The lowest BCUT2D eigenvalue weighted by molar-refractivity contribution is -0.122. The first kappa shape index (κ1) is 18.5. The van der Waals surface area contributed by atoms with Crippen LogP contribution in [0, 0.1) is 0 Å². The summed E-state index contributed by atoms with van der Waals surface area (Å²) in [5.41, 5.74) is 0.829. The van der Waals surface area contributed by atoms with Crippen LogP contribution in [0.5, 0.6) is 0 Å². The molecule has 1 aromatic rings. The minimum atomic E-state index is -3.21. The number of nitrogens with zero attached hydrogens (tertiary/aromatic N) is 1. The number of nitrogens with one attached hydrogen (secondary N) is 1. The highest BCUT2D eigenvalue weighted by molar-refractivity contribution is 7.88. The van der Waals surface area contributed by atoms with Gasteiger partial charge in [0.15, 0.2) is 0 Å². The minimum absolute atomic E-state index is 0.110. The smallest absolute Gasteiger partial charge is 0.220 e. The van der Waals surface area contributed by atoms with Gasteiger partial charge in [-0.2, -0.15) is 0 Å². The van der Waals surface area contributed by atoms with E-state index in [0.717, 1.165) is 18.4 Å². The Kier molecular flexibility index (Phi) is 6.31. The molecule has 1 aliphatic heterocycles. The van der Waals surface area contributed by atoms with Crippen molar-refractivity contribution < 1.29 is 13.2 Å². The van der Waals surface area contributed by atoms with Crippen LogP contribution >= 0.6 is 23.2 Å². The summed E-state index contributed by atoms with van der Waals surface area (Å²) in [5.74, 6) is -0.110. The van der Waals surface area contributed by atoms with E-state index in [1.165, 1.54) is 10.6 Å². The van der Waals surface area contributed by atoms with E-state index in [2.05, 4.69) is 5.32 Å². The maximum atomic E-state index is 12.1. The van der Waals surface area contributed by atoms with Crippen molar-refractivity contribution in [3.8, 4) is 0 Å². The van der Waals surface area contributed by atoms with Gasteiger partial charge in [-0.05, 0) is 30.9 Å². The predicted octanol–water partition coefficient (Wildman–Crippen LogP) is 2.47. The van der Waals surface area contributed by atoms with Gasteiger partial charge in [-0.3, -0.25) is 4.79 Å². The van der Waals surface area contributed by atoms with Gasteiger partial charge in [0, 0.05) is 25.6 Å². The zero-order valence-electron chi connectivity index (χ0n) is 12.9. The summed E-state index contributed by atoms with van der Waals surface area (Å²) in [6, 6.07) is 5.20. The lowest BCUT2D eigenvalue weighted by Gasteiger charge is -2.31. The highest BCUT2D eigenvalue weighted by atomic mass is 35.5. The van der Waals surface area contributed by atoms with E-state index in [4.69, 9.17) is 23.2 Å². The molecular formula is C15H20Cl2N2O3S. The number of carbonyl (C=O) groups excluding carboxylic acids is 1. The van der Waals surface area contributed by atoms with E-state index in [1.54, 1.807) is 12.1 Å². The Morgan fingerprint density at radius 1 is 1.39 bits per heavy atom. The number of hydrogen-bond acceptors (Lipinski definition) is 3. The Labute approximate surface area is 147 Å². The monoisotopic (exact) mass is 378 g/mol. The largest absolute Gasteiger partial charge is 0.352 e. The van der Waals surface area contributed by atoms with Crippen molar-refractivity contribution in [1.29, 1.82) is 0 Å². The Hall–Kier alpha value is -0.820. The number of benzene rings is 1. The second-order valence-corrected chi connectivity index (χ2v) is 8.51. The second kappa shape index (κ2) is 7.83. The molecule has 0 bridgehead atoms. The predicted molar refractivity (Wildman–Crippen MR) is 92.4 cm³/mol. The van der Waals surface area contributed by atoms with Gasteiger partial charge >= 0.3 is 0 Å². The van der Waals surface area contributed by atoms with Crippen molar-refractivity contribution in [3.63, 3.8) is 0 Å². The topological polar surface area (TPSA) is 66.5 Å². The van der Waals surface area contributed by atoms with Crippen molar-refractivity contribution >= 4 is 39.1 Å². The molecule has 0 saturated carbocycles. The van der Waals surface area contributed by atoms with Crippen molar-refractivity contribution in [2.24, 2.45) is 0 Å². The number of hydrogen-bond donors (Lipinski definition) is 1. The summed E-state index contributed by atoms with van der Waals surface area (Å²) in [7, 11) is -3.21. The summed E-state index contributed by atoms with van der Waals surface area (Å²) < 4.78 is 24.6. The molecule has 1 N–H and O–H groups in total. The van der Waals surface area contributed by atoms with Crippen molar-refractivity contribution in [2.45, 2.75) is 31.7 Å².